The highest BCUT2D eigenvalue weighted by Crippen LogP contribution is 2.29. The first kappa shape index (κ1) is 19.5. The van der Waals surface area contributed by atoms with Gasteiger partial charge in [-0.3, -0.25) is 4.79 Å². The van der Waals surface area contributed by atoms with Gasteiger partial charge in [-0.05, 0) is 48.7 Å². The summed E-state index contributed by atoms with van der Waals surface area (Å²) >= 11 is 0. The third kappa shape index (κ3) is 4.92. The lowest BCUT2D eigenvalue weighted by molar-refractivity contribution is 0.0950. The van der Waals surface area contributed by atoms with E-state index in [-0.39, 0.29) is 5.91 Å². The smallest absolute Gasteiger partial charge is 0.251 e. The number of rotatable bonds is 7. The third-order valence-electron chi connectivity index (χ3n) is 4.54. The van der Waals surface area contributed by atoms with Crippen LogP contribution in [0.15, 0.2) is 66.7 Å². The van der Waals surface area contributed by atoms with Crippen molar-refractivity contribution in [1.29, 1.82) is 0 Å². The SMILES string of the molecule is COc1cc(CNC(=O)c2ccc(C)cc2C)ccc1OCc1ccccc1. The zero-order valence-corrected chi connectivity index (χ0v) is 16.5. The number of nitrogens with one attached hydrogen (secondary N) is 1. The van der Waals surface area contributed by atoms with E-state index in [0.717, 1.165) is 22.3 Å². The van der Waals surface area contributed by atoms with E-state index in [4.69, 9.17) is 9.47 Å². The average Bonchev–Trinajstić information content (AvgIpc) is 2.71. The maximum absolute atomic E-state index is 12.5. The van der Waals surface area contributed by atoms with Crippen molar-refractivity contribution in [3.63, 3.8) is 0 Å². The minimum Gasteiger partial charge on any atom is -0.493 e. The summed E-state index contributed by atoms with van der Waals surface area (Å²) in [6.45, 7) is 4.85. The monoisotopic (exact) mass is 375 g/mol. The molecule has 0 heterocycles. The van der Waals surface area contributed by atoms with Crippen molar-refractivity contribution in [2.45, 2.75) is 27.0 Å². The zero-order chi connectivity index (χ0) is 19.9. The quantitative estimate of drug-likeness (QED) is 0.644. The maximum Gasteiger partial charge on any atom is 0.251 e. The molecule has 0 aliphatic carbocycles. The number of hydrogen-bond acceptors (Lipinski definition) is 3. The summed E-state index contributed by atoms with van der Waals surface area (Å²) in [5.74, 6) is 1.24. The van der Waals surface area contributed by atoms with Gasteiger partial charge >= 0.3 is 0 Å². The van der Waals surface area contributed by atoms with Crippen molar-refractivity contribution in [3.8, 4) is 11.5 Å². The number of hydrogen-bond donors (Lipinski definition) is 1. The molecule has 3 aromatic rings. The number of methoxy groups -OCH3 is 1. The van der Waals surface area contributed by atoms with E-state index in [1.165, 1.54) is 0 Å². The summed E-state index contributed by atoms with van der Waals surface area (Å²) in [6.07, 6.45) is 0. The molecule has 3 aromatic carbocycles. The van der Waals surface area contributed by atoms with Crippen LogP contribution in [0.1, 0.15) is 32.6 Å². The highest BCUT2D eigenvalue weighted by molar-refractivity contribution is 5.95. The lowest BCUT2D eigenvalue weighted by Gasteiger charge is -2.13. The number of aryl methyl sites for hydroxylation is 2. The first-order valence-corrected chi connectivity index (χ1v) is 9.26. The Kier molecular flexibility index (Phi) is 6.33. The molecule has 0 aliphatic rings. The zero-order valence-electron chi connectivity index (χ0n) is 16.5. The molecule has 4 heteroatoms. The van der Waals surface area contributed by atoms with Gasteiger partial charge in [0.2, 0.25) is 0 Å². The Morgan fingerprint density at radius 2 is 1.68 bits per heavy atom. The highest BCUT2D eigenvalue weighted by atomic mass is 16.5. The predicted octanol–water partition coefficient (Wildman–Crippen LogP) is 4.82. The van der Waals surface area contributed by atoms with Crippen LogP contribution in [-0.2, 0) is 13.2 Å². The van der Waals surface area contributed by atoms with Crippen molar-refractivity contribution in [1.82, 2.24) is 5.32 Å². The first-order valence-electron chi connectivity index (χ1n) is 9.26. The maximum atomic E-state index is 12.5. The van der Waals surface area contributed by atoms with Crippen molar-refractivity contribution in [2.24, 2.45) is 0 Å². The Morgan fingerprint density at radius 3 is 2.39 bits per heavy atom. The fraction of sp³-hybridized carbons (Fsp3) is 0.208. The van der Waals surface area contributed by atoms with Gasteiger partial charge in [0.15, 0.2) is 11.5 Å². The second-order valence-electron chi connectivity index (χ2n) is 6.76. The van der Waals surface area contributed by atoms with Gasteiger partial charge in [0.25, 0.3) is 5.91 Å². The standard InChI is InChI=1S/C24H25NO3/c1-17-9-11-21(18(2)13-17)24(26)25-15-20-10-12-22(23(14-20)27-3)28-16-19-7-5-4-6-8-19/h4-14H,15-16H2,1-3H3,(H,25,26). The number of carbonyl (C=O) groups excluding carboxylic acids is 1. The molecule has 0 aliphatic heterocycles. The van der Waals surface area contributed by atoms with Crippen LogP contribution >= 0.6 is 0 Å². The van der Waals surface area contributed by atoms with Crippen molar-refractivity contribution >= 4 is 5.91 Å². The molecule has 1 amide bonds. The Hall–Kier alpha value is -3.27. The van der Waals surface area contributed by atoms with Crippen molar-refractivity contribution in [2.75, 3.05) is 7.11 Å². The molecule has 0 fully saturated rings. The minimum absolute atomic E-state index is 0.0825. The van der Waals surface area contributed by atoms with Gasteiger partial charge in [0, 0.05) is 12.1 Å². The molecule has 0 spiro atoms. The van der Waals surface area contributed by atoms with E-state index in [9.17, 15) is 4.79 Å². The van der Waals surface area contributed by atoms with E-state index in [0.29, 0.717) is 30.2 Å². The molecule has 0 saturated heterocycles. The van der Waals surface area contributed by atoms with Crippen LogP contribution in [-0.4, -0.2) is 13.0 Å². The summed E-state index contributed by atoms with van der Waals surface area (Å²) in [7, 11) is 1.61. The average molecular weight is 375 g/mol. The summed E-state index contributed by atoms with van der Waals surface area (Å²) in [4.78, 5) is 12.5. The van der Waals surface area contributed by atoms with Crippen LogP contribution in [0, 0.1) is 13.8 Å². The molecule has 3 rings (SSSR count). The number of carbonyl (C=O) groups is 1. The summed E-state index contributed by atoms with van der Waals surface area (Å²) in [6, 6.07) is 21.5. The molecule has 0 unspecified atom stereocenters. The molecule has 0 radical (unpaired) electrons. The van der Waals surface area contributed by atoms with Crippen LogP contribution in [0.5, 0.6) is 11.5 Å². The molecule has 0 atom stereocenters. The molecule has 4 nitrogen and oxygen atoms in total. The number of ether oxygens (including phenoxy) is 2. The second kappa shape index (κ2) is 9.09. The summed E-state index contributed by atoms with van der Waals surface area (Å²) in [5, 5.41) is 2.97. The van der Waals surface area contributed by atoms with Crippen LogP contribution in [0.2, 0.25) is 0 Å². The van der Waals surface area contributed by atoms with E-state index >= 15 is 0 Å². The Balaban J connectivity index is 1.64. The van der Waals surface area contributed by atoms with E-state index in [2.05, 4.69) is 5.32 Å². The first-order chi connectivity index (χ1) is 13.6. The molecule has 144 valence electrons. The normalized spacial score (nSPS) is 10.4. The lowest BCUT2D eigenvalue weighted by Crippen LogP contribution is -2.23. The summed E-state index contributed by atoms with van der Waals surface area (Å²) in [5.41, 5.74) is 4.85. The van der Waals surface area contributed by atoms with Gasteiger partial charge in [-0.15, -0.1) is 0 Å². The third-order valence-corrected chi connectivity index (χ3v) is 4.54. The van der Waals surface area contributed by atoms with Crippen molar-refractivity contribution < 1.29 is 14.3 Å². The molecule has 0 bridgehead atoms. The Bertz CT molecular complexity index is 951. The molecule has 0 aromatic heterocycles. The topological polar surface area (TPSA) is 47.6 Å². The summed E-state index contributed by atoms with van der Waals surface area (Å²) < 4.78 is 11.3. The molecule has 1 N–H and O–H groups in total. The fourth-order valence-electron chi connectivity index (χ4n) is 3.02. The van der Waals surface area contributed by atoms with Gasteiger partial charge < -0.3 is 14.8 Å². The highest BCUT2D eigenvalue weighted by Gasteiger charge is 2.10. The Labute approximate surface area is 166 Å². The van der Waals surface area contributed by atoms with E-state index < -0.39 is 0 Å². The van der Waals surface area contributed by atoms with Crippen LogP contribution in [0.25, 0.3) is 0 Å². The van der Waals surface area contributed by atoms with Crippen LogP contribution < -0.4 is 14.8 Å². The minimum atomic E-state index is -0.0825. The van der Waals surface area contributed by atoms with Gasteiger partial charge in [-0.2, -0.15) is 0 Å². The molecular weight excluding hydrogens is 350 g/mol. The number of amides is 1. The van der Waals surface area contributed by atoms with Gasteiger partial charge in [-0.25, -0.2) is 0 Å². The van der Waals surface area contributed by atoms with Crippen molar-refractivity contribution in [3.05, 3.63) is 94.5 Å². The van der Waals surface area contributed by atoms with Gasteiger partial charge in [0.05, 0.1) is 7.11 Å². The molecule has 28 heavy (non-hydrogen) atoms. The van der Waals surface area contributed by atoms with Gasteiger partial charge in [0.1, 0.15) is 6.61 Å². The second-order valence-corrected chi connectivity index (χ2v) is 6.76. The number of benzene rings is 3. The predicted molar refractivity (Wildman–Crippen MR) is 111 cm³/mol. The van der Waals surface area contributed by atoms with Crippen LogP contribution in [0.3, 0.4) is 0 Å². The lowest BCUT2D eigenvalue weighted by atomic mass is 10.1. The van der Waals surface area contributed by atoms with E-state index in [1.807, 2.05) is 80.6 Å². The van der Waals surface area contributed by atoms with Crippen LogP contribution in [0.4, 0.5) is 0 Å². The van der Waals surface area contributed by atoms with Gasteiger partial charge in [-0.1, -0.05) is 54.1 Å². The largest absolute Gasteiger partial charge is 0.493 e. The van der Waals surface area contributed by atoms with E-state index in [1.54, 1.807) is 7.11 Å². The molecule has 0 saturated carbocycles. The Morgan fingerprint density at radius 1 is 0.893 bits per heavy atom. The molecular formula is C24H25NO3. The fourth-order valence-corrected chi connectivity index (χ4v) is 3.02.